The number of anilines is 2. The Morgan fingerprint density at radius 1 is 1.17 bits per heavy atom. The second-order valence-electron chi connectivity index (χ2n) is 7.84. The van der Waals surface area contributed by atoms with Crippen LogP contribution in [-0.2, 0) is 0 Å². The van der Waals surface area contributed by atoms with Crippen LogP contribution in [0.4, 0.5) is 21.5 Å². The van der Waals surface area contributed by atoms with Crippen LogP contribution in [0, 0.1) is 15.9 Å². The monoisotopic (exact) mass is 416 g/mol. The SMILES string of the molecule is CC1CCCCN1c1cc(N2CCN(C(=O)c3ccco3)CC2)c([N+](=O)[O-])cc1F. The van der Waals surface area contributed by atoms with E-state index in [1.54, 1.807) is 23.1 Å². The predicted molar refractivity (Wildman–Crippen MR) is 111 cm³/mol. The van der Waals surface area contributed by atoms with Crippen molar-refractivity contribution in [1.29, 1.82) is 0 Å². The van der Waals surface area contributed by atoms with Gasteiger partial charge in [-0.2, -0.15) is 0 Å². The molecule has 0 aliphatic carbocycles. The molecule has 2 saturated heterocycles. The Kier molecular flexibility index (Phi) is 5.61. The standard InChI is InChI=1S/C21H25FN4O4/c1-15-5-2-3-7-25(15)17-14-18(19(26(28)29)13-16(17)22)23-8-10-24(11-9-23)21(27)20-6-4-12-30-20/h4,6,12-15H,2-3,5,7-11H2,1H3. The number of carbonyl (C=O) groups is 1. The number of hydrogen-bond donors (Lipinski definition) is 0. The van der Waals surface area contributed by atoms with Crippen LogP contribution in [0.15, 0.2) is 34.9 Å². The zero-order valence-corrected chi connectivity index (χ0v) is 16.9. The fourth-order valence-electron chi connectivity index (χ4n) is 4.32. The summed E-state index contributed by atoms with van der Waals surface area (Å²) < 4.78 is 20.0. The molecule has 30 heavy (non-hydrogen) atoms. The molecule has 0 bridgehead atoms. The molecule has 2 aliphatic rings. The van der Waals surface area contributed by atoms with Crippen LogP contribution in [0.2, 0.25) is 0 Å². The van der Waals surface area contributed by atoms with E-state index in [9.17, 15) is 19.3 Å². The molecular formula is C21H25FN4O4. The highest BCUT2D eigenvalue weighted by atomic mass is 19.1. The Balaban J connectivity index is 1.57. The molecule has 2 fully saturated rings. The van der Waals surface area contributed by atoms with Gasteiger partial charge in [0.15, 0.2) is 11.6 Å². The summed E-state index contributed by atoms with van der Waals surface area (Å²) in [7, 11) is 0. The highest BCUT2D eigenvalue weighted by Gasteiger charge is 2.30. The number of amides is 1. The quantitative estimate of drug-likeness (QED) is 0.559. The maximum atomic E-state index is 14.8. The van der Waals surface area contributed by atoms with Gasteiger partial charge in [0.05, 0.1) is 22.9 Å². The van der Waals surface area contributed by atoms with Gasteiger partial charge in [-0.05, 0) is 44.4 Å². The molecule has 2 aliphatic heterocycles. The van der Waals surface area contributed by atoms with Crippen molar-refractivity contribution in [2.24, 2.45) is 0 Å². The van der Waals surface area contributed by atoms with Crippen molar-refractivity contribution in [1.82, 2.24) is 4.90 Å². The molecule has 0 saturated carbocycles. The summed E-state index contributed by atoms with van der Waals surface area (Å²) in [6.45, 7) is 4.45. The van der Waals surface area contributed by atoms with Gasteiger partial charge in [0.1, 0.15) is 5.69 Å². The van der Waals surface area contributed by atoms with E-state index in [2.05, 4.69) is 6.92 Å². The van der Waals surface area contributed by atoms with E-state index in [0.717, 1.165) is 31.9 Å². The molecule has 1 aromatic carbocycles. The lowest BCUT2D eigenvalue weighted by atomic mass is 10.0. The van der Waals surface area contributed by atoms with Gasteiger partial charge in [0.2, 0.25) is 0 Å². The fraction of sp³-hybridized carbons (Fsp3) is 0.476. The van der Waals surface area contributed by atoms with Gasteiger partial charge in [-0.25, -0.2) is 4.39 Å². The second kappa shape index (κ2) is 8.33. The number of piperidine rings is 1. The van der Waals surface area contributed by atoms with Crippen LogP contribution in [-0.4, -0.2) is 54.5 Å². The van der Waals surface area contributed by atoms with Gasteiger partial charge in [0, 0.05) is 38.8 Å². The van der Waals surface area contributed by atoms with E-state index in [1.807, 2.05) is 9.80 Å². The van der Waals surface area contributed by atoms with E-state index in [0.29, 0.717) is 37.6 Å². The average Bonchev–Trinajstić information content (AvgIpc) is 3.29. The number of benzene rings is 1. The lowest BCUT2D eigenvalue weighted by Gasteiger charge is -2.38. The van der Waals surface area contributed by atoms with Gasteiger partial charge in [-0.1, -0.05) is 0 Å². The first kappa shape index (κ1) is 20.2. The summed E-state index contributed by atoms with van der Waals surface area (Å²) in [5.41, 5.74) is 0.572. The minimum absolute atomic E-state index is 0.185. The third-order valence-electron chi connectivity index (χ3n) is 5.99. The van der Waals surface area contributed by atoms with Crippen molar-refractivity contribution in [3.8, 4) is 0 Å². The van der Waals surface area contributed by atoms with Crippen molar-refractivity contribution in [3.05, 3.63) is 52.2 Å². The second-order valence-corrected chi connectivity index (χ2v) is 7.84. The molecular weight excluding hydrogens is 391 g/mol. The highest BCUT2D eigenvalue weighted by molar-refractivity contribution is 5.91. The normalized spacial score (nSPS) is 19.8. The molecule has 1 aromatic heterocycles. The first-order chi connectivity index (χ1) is 14.5. The molecule has 8 nitrogen and oxygen atoms in total. The number of nitro benzene ring substituents is 1. The molecule has 9 heteroatoms. The van der Waals surface area contributed by atoms with Gasteiger partial charge in [-0.15, -0.1) is 0 Å². The number of furan rings is 1. The number of rotatable bonds is 4. The minimum atomic E-state index is -0.564. The van der Waals surface area contributed by atoms with E-state index in [4.69, 9.17) is 4.42 Å². The van der Waals surface area contributed by atoms with Crippen molar-refractivity contribution < 1.29 is 18.5 Å². The maximum absolute atomic E-state index is 14.8. The lowest BCUT2D eigenvalue weighted by Crippen LogP contribution is -2.49. The Labute approximate surface area is 174 Å². The van der Waals surface area contributed by atoms with Crippen LogP contribution in [0.5, 0.6) is 0 Å². The summed E-state index contributed by atoms with van der Waals surface area (Å²) in [5.74, 6) is -0.487. The molecule has 1 atom stereocenters. The number of hydrogen-bond acceptors (Lipinski definition) is 6. The van der Waals surface area contributed by atoms with E-state index in [-0.39, 0.29) is 23.4 Å². The van der Waals surface area contributed by atoms with E-state index in [1.165, 1.54) is 6.26 Å². The lowest BCUT2D eigenvalue weighted by molar-refractivity contribution is -0.384. The summed E-state index contributed by atoms with van der Waals surface area (Å²) in [6.07, 6.45) is 4.50. The van der Waals surface area contributed by atoms with Gasteiger partial charge in [-0.3, -0.25) is 14.9 Å². The van der Waals surface area contributed by atoms with Gasteiger partial charge >= 0.3 is 0 Å². The van der Waals surface area contributed by atoms with E-state index < -0.39 is 10.7 Å². The Bertz CT molecular complexity index is 925. The summed E-state index contributed by atoms with van der Waals surface area (Å²) in [4.78, 5) is 29.1. The van der Waals surface area contributed by atoms with Crippen molar-refractivity contribution in [2.75, 3.05) is 42.5 Å². The molecule has 4 rings (SSSR count). The van der Waals surface area contributed by atoms with Crippen LogP contribution in [0.3, 0.4) is 0 Å². The minimum Gasteiger partial charge on any atom is -0.459 e. The van der Waals surface area contributed by atoms with Crippen LogP contribution >= 0.6 is 0 Å². The summed E-state index contributed by atoms with van der Waals surface area (Å²) in [6, 6.07) is 6.11. The topological polar surface area (TPSA) is 83.1 Å². The smallest absolute Gasteiger partial charge is 0.295 e. The first-order valence-electron chi connectivity index (χ1n) is 10.3. The highest BCUT2D eigenvalue weighted by Crippen LogP contribution is 2.37. The molecule has 0 radical (unpaired) electrons. The van der Waals surface area contributed by atoms with Crippen LogP contribution in [0.25, 0.3) is 0 Å². The zero-order valence-electron chi connectivity index (χ0n) is 16.9. The van der Waals surface area contributed by atoms with Crippen molar-refractivity contribution in [3.63, 3.8) is 0 Å². The zero-order chi connectivity index (χ0) is 21.3. The van der Waals surface area contributed by atoms with Crippen molar-refractivity contribution in [2.45, 2.75) is 32.2 Å². The molecule has 3 heterocycles. The van der Waals surface area contributed by atoms with E-state index >= 15 is 0 Å². The Hall–Kier alpha value is -3.10. The van der Waals surface area contributed by atoms with Crippen LogP contribution in [0.1, 0.15) is 36.7 Å². The number of carbonyl (C=O) groups excluding carboxylic acids is 1. The third-order valence-corrected chi connectivity index (χ3v) is 5.99. The molecule has 1 unspecified atom stereocenters. The average molecular weight is 416 g/mol. The summed E-state index contributed by atoms with van der Waals surface area (Å²) >= 11 is 0. The number of halogens is 1. The summed E-state index contributed by atoms with van der Waals surface area (Å²) in [5, 5.41) is 11.6. The van der Waals surface area contributed by atoms with Gasteiger partial charge < -0.3 is 19.1 Å². The number of nitrogens with zero attached hydrogens (tertiary/aromatic N) is 4. The maximum Gasteiger partial charge on any atom is 0.295 e. The number of nitro groups is 1. The molecule has 0 N–H and O–H groups in total. The molecule has 1 amide bonds. The largest absolute Gasteiger partial charge is 0.459 e. The molecule has 160 valence electrons. The Morgan fingerprint density at radius 3 is 2.57 bits per heavy atom. The molecule has 2 aromatic rings. The number of piperazine rings is 1. The van der Waals surface area contributed by atoms with Crippen LogP contribution < -0.4 is 9.80 Å². The van der Waals surface area contributed by atoms with Crippen molar-refractivity contribution >= 4 is 23.0 Å². The third kappa shape index (κ3) is 3.83. The Morgan fingerprint density at radius 2 is 1.93 bits per heavy atom. The van der Waals surface area contributed by atoms with Gasteiger partial charge in [0.25, 0.3) is 11.6 Å². The molecule has 0 spiro atoms. The first-order valence-corrected chi connectivity index (χ1v) is 10.3. The fourth-order valence-corrected chi connectivity index (χ4v) is 4.32. The predicted octanol–water partition coefficient (Wildman–Crippen LogP) is 3.67.